The van der Waals surface area contributed by atoms with E-state index in [2.05, 4.69) is 15.9 Å². The van der Waals surface area contributed by atoms with Crippen molar-refractivity contribution in [1.82, 2.24) is 4.90 Å². The standard InChI is InChI=1S/C24H15BrCl3NO6S2/c1-34-20-9-13(8-18(25)22(20)35-37(32,33)17-6-4-15(26)5-7-17)10-21-23(30)29(24(31)36-21)12-14-2-3-16(27)11-19(14)28/h2-11H,12H2,1H3/b21-10-. The van der Waals surface area contributed by atoms with Gasteiger partial charge in [-0.15, -0.1) is 0 Å². The summed E-state index contributed by atoms with van der Waals surface area (Å²) in [6.07, 6.45) is 1.50. The summed E-state index contributed by atoms with van der Waals surface area (Å²) in [6, 6.07) is 13.3. The summed E-state index contributed by atoms with van der Waals surface area (Å²) in [6.45, 7) is -0.0135. The highest BCUT2D eigenvalue weighted by molar-refractivity contribution is 9.10. The van der Waals surface area contributed by atoms with Crippen LogP contribution in [0.1, 0.15) is 11.1 Å². The van der Waals surface area contributed by atoms with E-state index in [0.717, 1.165) is 16.7 Å². The van der Waals surface area contributed by atoms with E-state index >= 15 is 0 Å². The molecule has 4 rings (SSSR count). The second-order valence-electron chi connectivity index (χ2n) is 7.53. The molecule has 0 aliphatic carbocycles. The molecule has 0 spiro atoms. The van der Waals surface area contributed by atoms with Crippen LogP contribution in [0, 0.1) is 0 Å². The van der Waals surface area contributed by atoms with E-state index in [1.807, 2.05) is 0 Å². The van der Waals surface area contributed by atoms with Gasteiger partial charge in [-0.1, -0.05) is 40.9 Å². The van der Waals surface area contributed by atoms with Crippen LogP contribution in [0.5, 0.6) is 11.5 Å². The highest BCUT2D eigenvalue weighted by Gasteiger charge is 2.35. The Hall–Kier alpha value is -2.21. The van der Waals surface area contributed by atoms with E-state index in [4.69, 9.17) is 43.7 Å². The summed E-state index contributed by atoms with van der Waals surface area (Å²) < 4.78 is 36.4. The zero-order valence-corrected chi connectivity index (χ0v) is 24.2. The summed E-state index contributed by atoms with van der Waals surface area (Å²) in [5.74, 6) is -0.493. The molecule has 1 fully saturated rings. The van der Waals surface area contributed by atoms with E-state index in [9.17, 15) is 18.0 Å². The highest BCUT2D eigenvalue weighted by atomic mass is 79.9. The molecule has 1 aliphatic rings. The molecule has 192 valence electrons. The molecule has 13 heteroatoms. The summed E-state index contributed by atoms with van der Waals surface area (Å²) >= 11 is 22.0. The number of halogens is 4. The Labute approximate surface area is 240 Å². The fourth-order valence-corrected chi connectivity index (χ4v) is 6.31. The van der Waals surface area contributed by atoms with Crippen molar-refractivity contribution in [3.8, 4) is 11.5 Å². The van der Waals surface area contributed by atoms with E-state index in [0.29, 0.717) is 26.2 Å². The van der Waals surface area contributed by atoms with Crippen LogP contribution in [0.3, 0.4) is 0 Å². The number of nitrogens with zero attached hydrogens (tertiary/aromatic N) is 1. The maximum Gasteiger partial charge on any atom is 0.339 e. The molecule has 0 aromatic heterocycles. The zero-order valence-electron chi connectivity index (χ0n) is 18.7. The summed E-state index contributed by atoms with van der Waals surface area (Å²) in [4.78, 5) is 26.7. The Kier molecular flexibility index (Phi) is 8.47. The Bertz CT molecular complexity index is 1540. The molecule has 0 N–H and O–H groups in total. The monoisotopic (exact) mass is 661 g/mol. The number of benzene rings is 3. The lowest BCUT2D eigenvalue weighted by Crippen LogP contribution is -2.27. The number of methoxy groups -OCH3 is 1. The normalized spacial score (nSPS) is 14.9. The average Bonchev–Trinajstić information content (AvgIpc) is 3.09. The molecule has 7 nitrogen and oxygen atoms in total. The van der Waals surface area contributed by atoms with Gasteiger partial charge in [0.1, 0.15) is 4.90 Å². The van der Waals surface area contributed by atoms with Crippen LogP contribution in [0.2, 0.25) is 15.1 Å². The van der Waals surface area contributed by atoms with Gasteiger partial charge in [-0.25, -0.2) is 0 Å². The molecule has 1 saturated heterocycles. The second-order valence-corrected chi connectivity index (χ2v) is 12.2. The van der Waals surface area contributed by atoms with Crippen LogP contribution in [0.15, 0.2) is 68.9 Å². The predicted octanol–water partition coefficient (Wildman–Crippen LogP) is 7.42. The van der Waals surface area contributed by atoms with E-state index < -0.39 is 21.3 Å². The van der Waals surface area contributed by atoms with E-state index in [1.165, 1.54) is 49.6 Å². The van der Waals surface area contributed by atoms with Gasteiger partial charge < -0.3 is 8.92 Å². The van der Waals surface area contributed by atoms with E-state index in [-0.39, 0.29) is 32.3 Å². The molecule has 0 unspecified atom stereocenters. The first-order valence-corrected chi connectivity index (χ1v) is 14.4. The maximum absolute atomic E-state index is 13.0. The van der Waals surface area contributed by atoms with Crippen LogP contribution in [-0.2, 0) is 21.5 Å². The van der Waals surface area contributed by atoms with Gasteiger partial charge in [0.25, 0.3) is 11.1 Å². The topological polar surface area (TPSA) is 90.0 Å². The largest absolute Gasteiger partial charge is 0.493 e. The van der Waals surface area contributed by atoms with Gasteiger partial charge in [0.15, 0.2) is 11.5 Å². The first-order valence-electron chi connectivity index (χ1n) is 10.3. The summed E-state index contributed by atoms with van der Waals surface area (Å²) in [7, 11) is -2.85. The maximum atomic E-state index is 13.0. The quantitative estimate of drug-likeness (QED) is 0.192. The Morgan fingerprint density at radius 1 is 1.00 bits per heavy atom. The van der Waals surface area contributed by atoms with Crippen molar-refractivity contribution in [2.45, 2.75) is 11.4 Å². The van der Waals surface area contributed by atoms with Gasteiger partial charge in [0.2, 0.25) is 0 Å². The SMILES string of the molecule is COc1cc(/C=C2\SC(=O)N(Cc3ccc(Cl)cc3Cl)C2=O)cc(Br)c1OS(=O)(=O)c1ccc(Cl)cc1. The van der Waals surface area contributed by atoms with Crippen LogP contribution in [0.4, 0.5) is 4.79 Å². The smallest absolute Gasteiger partial charge is 0.339 e. The van der Waals surface area contributed by atoms with Crippen molar-refractivity contribution in [1.29, 1.82) is 0 Å². The number of amides is 2. The van der Waals surface area contributed by atoms with Gasteiger partial charge in [-0.3, -0.25) is 14.5 Å². The molecular weight excluding hydrogens is 649 g/mol. The molecule has 0 atom stereocenters. The number of hydrogen-bond acceptors (Lipinski definition) is 7. The number of rotatable bonds is 7. The number of carbonyl (C=O) groups is 2. The van der Waals surface area contributed by atoms with Crippen LogP contribution < -0.4 is 8.92 Å². The molecule has 3 aromatic carbocycles. The first kappa shape index (κ1) is 27.8. The van der Waals surface area contributed by atoms with Crippen LogP contribution >= 0.6 is 62.5 Å². The van der Waals surface area contributed by atoms with Crippen LogP contribution in [0.25, 0.3) is 6.08 Å². The zero-order chi connectivity index (χ0) is 26.9. The third kappa shape index (κ3) is 6.27. The van der Waals surface area contributed by atoms with Crippen molar-refractivity contribution < 1.29 is 26.9 Å². The molecule has 0 bridgehead atoms. The third-order valence-electron chi connectivity index (χ3n) is 5.06. The average molecular weight is 664 g/mol. The molecule has 0 saturated carbocycles. The Morgan fingerprint density at radius 3 is 2.32 bits per heavy atom. The lowest BCUT2D eigenvalue weighted by Gasteiger charge is -2.14. The lowest BCUT2D eigenvalue weighted by molar-refractivity contribution is -0.123. The minimum atomic E-state index is -4.19. The highest BCUT2D eigenvalue weighted by Crippen LogP contribution is 2.41. The van der Waals surface area contributed by atoms with E-state index in [1.54, 1.807) is 18.2 Å². The number of ether oxygens (including phenoxy) is 1. The van der Waals surface area contributed by atoms with Crippen molar-refractivity contribution >= 4 is 89.8 Å². The number of hydrogen-bond donors (Lipinski definition) is 0. The van der Waals surface area contributed by atoms with Gasteiger partial charge >= 0.3 is 10.1 Å². The third-order valence-corrected chi connectivity index (χ3v) is 8.63. The first-order chi connectivity index (χ1) is 17.5. The Morgan fingerprint density at radius 2 is 1.68 bits per heavy atom. The fourth-order valence-electron chi connectivity index (χ4n) is 3.27. The van der Waals surface area contributed by atoms with Gasteiger partial charge in [0, 0.05) is 15.1 Å². The van der Waals surface area contributed by atoms with Gasteiger partial charge in [0.05, 0.1) is 23.0 Å². The second kappa shape index (κ2) is 11.3. The minimum Gasteiger partial charge on any atom is -0.493 e. The van der Waals surface area contributed by atoms with Crippen molar-refractivity contribution in [2.24, 2.45) is 0 Å². The number of carbonyl (C=O) groups excluding carboxylic acids is 2. The summed E-state index contributed by atoms with van der Waals surface area (Å²) in [5, 5.41) is 0.703. The molecule has 0 radical (unpaired) electrons. The molecule has 1 aliphatic heterocycles. The van der Waals surface area contributed by atoms with Crippen molar-refractivity contribution in [3.05, 3.63) is 90.2 Å². The number of thioether (sulfide) groups is 1. The molecule has 1 heterocycles. The molecule has 37 heavy (non-hydrogen) atoms. The van der Waals surface area contributed by atoms with Crippen LogP contribution in [-0.4, -0.2) is 31.6 Å². The van der Waals surface area contributed by atoms with Gasteiger partial charge in [-0.05, 0) is 93.4 Å². The molecular formula is C24H15BrCl3NO6S2. The minimum absolute atomic E-state index is 0.0135. The van der Waals surface area contributed by atoms with Gasteiger partial charge in [-0.2, -0.15) is 8.42 Å². The number of imide groups is 1. The predicted molar refractivity (Wildman–Crippen MR) is 148 cm³/mol. The van der Waals surface area contributed by atoms with Crippen molar-refractivity contribution in [3.63, 3.8) is 0 Å². The summed E-state index contributed by atoms with van der Waals surface area (Å²) in [5.41, 5.74) is 1.04. The fraction of sp³-hybridized carbons (Fsp3) is 0.0833. The lowest BCUT2D eigenvalue weighted by atomic mass is 10.1. The molecule has 2 amide bonds. The molecule has 3 aromatic rings. The van der Waals surface area contributed by atoms with Crippen molar-refractivity contribution in [2.75, 3.05) is 7.11 Å². The Balaban J connectivity index is 1.60.